The van der Waals surface area contributed by atoms with E-state index in [9.17, 15) is 0 Å². The standard InChI is InChI=1S/C15H18N2/c1-11-2-3-13-9-14(5-4-12(13)8-11)17-10-15(16)6-7-15/h2-5,8-9,17H,6-7,10,16H2,1H3. The maximum atomic E-state index is 6.06. The molecule has 2 aromatic carbocycles. The van der Waals surface area contributed by atoms with Crippen molar-refractivity contribution in [2.75, 3.05) is 11.9 Å². The molecule has 0 heterocycles. The minimum absolute atomic E-state index is 0.0578. The minimum atomic E-state index is 0.0578. The number of hydrogen-bond acceptors (Lipinski definition) is 2. The van der Waals surface area contributed by atoms with Gasteiger partial charge in [0.25, 0.3) is 0 Å². The van der Waals surface area contributed by atoms with Gasteiger partial charge in [0.15, 0.2) is 0 Å². The Hall–Kier alpha value is -1.54. The first-order chi connectivity index (χ1) is 8.15. The quantitative estimate of drug-likeness (QED) is 0.844. The van der Waals surface area contributed by atoms with Gasteiger partial charge in [0.1, 0.15) is 0 Å². The highest BCUT2D eigenvalue weighted by atomic mass is 15.0. The lowest BCUT2D eigenvalue weighted by atomic mass is 10.1. The summed E-state index contributed by atoms with van der Waals surface area (Å²) in [6.07, 6.45) is 2.29. The van der Waals surface area contributed by atoms with E-state index in [0.29, 0.717) is 0 Å². The fourth-order valence-electron chi connectivity index (χ4n) is 2.09. The molecule has 0 unspecified atom stereocenters. The van der Waals surface area contributed by atoms with E-state index in [1.165, 1.54) is 16.3 Å². The molecule has 1 fully saturated rings. The highest BCUT2D eigenvalue weighted by Gasteiger charge is 2.37. The number of nitrogens with one attached hydrogen (secondary N) is 1. The minimum Gasteiger partial charge on any atom is -0.383 e. The molecule has 0 aliphatic heterocycles. The first kappa shape index (κ1) is 10.6. The second-order valence-corrected chi connectivity index (χ2v) is 5.28. The van der Waals surface area contributed by atoms with Crippen molar-refractivity contribution in [3.63, 3.8) is 0 Å². The summed E-state index contributed by atoms with van der Waals surface area (Å²) in [5, 5.41) is 6.00. The van der Waals surface area contributed by atoms with Crippen LogP contribution in [0.15, 0.2) is 36.4 Å². The Bertz CT molecular complexity index is 556. The van der Waals surface area contributed by atoms with Crippen LogP contribution >= 0.6 is 0 Å². The van der Waals surface area contributed by atoms with Gasteiger partial charge >= 0.3 is 0 Å². The fraction of sp³-hybridized carbons (Fsp3) is 0.333. The fourth-order valence-corrected chi connectivity index (χ4v) is 2.09. The van der Waals surface area contributed by atoms with Gasteiger partial charge in [-0.1, -0.05) is 29.8 Å². The molecule has 0 atom stereocenters. The van der Waals surface area contributed by atoms with Gasteiger partial charge in [0.2, 0.25) is 0 Å². The van der Waals surface area contributed by atoms with E-state index in [-0.39, 0.29) is 5.54 Å². The van der Waals surface area contributed by atoms with Crippen molar-refractivity contribution in [3.8, 4) is 0 Å². The largest absolute Gasteiger partial charge is 0.383 e. The summed E-state index contributed by atoms with van der Waals surface area (Å²) in [5.41, 5.74) is 8.59. The molecule has 1 saturated carbocycles. The van der Waals surface area contributed by atoms with Crippen molar-refractivity contribution in [2.45, 2.75) is 25.3 Å². The van der Waals surface area contributed by atoms with Gasteiger partial charge in [-0.15, -0.1) is 0 Å². The molecule has 0 bridgehead atoms. The van der Waals surface area contributed by atoms with E-state index < -0.39 is 0 Å². The van der Waals surface area contributed by atoms with Crippen molar-refractivity contribution < 1.29 is 0 Å². The molecular formula is C15H18N2. The molecule has 17 heavy (non-hydrogen) atoms. The molecule has 0 aromatic heterocycles. The lowest BCUT2D eigenvalue weighted by Crippen LogP contribution is -2.30. The van der Waals surface area contributed by atoms with Crippen LogP contribution in [0, 0.1) is 6.92 Å². The van der Waals surface area contributed by atoms with Crippen LogP contribution in [-0.2, 0) is 0 Å². The molecule has 0 spiro atoms. The number of anilines is 1. The zero-order valence-corrected chi connectivity index (χ0v) is 10.2. The van der Waals surface area contributed by atoms with E-state index in [1.807, 2.05) is 0 Å². The summed E-state index contributed by atoms with van der Waals surface area (Å²) in [6.45, 7) is 3.00. The van der Waals surface area contributed by atoms with Crippen LogP contribution in [0.5, 0.6) is 0 Å². The lowest BCUT2D eigenvalue weighted by Gasteiger charge is -2.12. The Morgan fingerprint density at radius 3 is 2.59 bits per heavy atom. The lowest BCUT2D eigenvalue weighted by molar-refractivity contribution is 0.713. The van der Waals surface area contributed by atoms with Gasteiger partial charge in [0.05, 0.1) is 0 Å². The molecular weight excluding hydrogens is 208 g/mol. The first-order valence-electron chi connectivity index (χ1n) is 6.18. The molecule has 2 aromatic rings. The van der Waals surface area contributed by atoms with Gasteiger partial charge in [-0.25, -0.2) is 0 Å². The van der Waals surface area contributed by atoms with Crippen molar-refractivity contribution in [2.24, 2.45) is 5.73 Å². The van der Waals surface area contributed by atoms with Crippen LogP contribution in [0.3, 0.4) is 0 Å². The Labute approximate surface area is 102 Å². The third-order valence-electron chi connectivity index (χ3n) is 3.53. The topological polar surface area (TPSA) is 38.0 Å². The number of benzene rings is 2. The maximum Gasteiger partial charge on any atom is 0.0347 e. The van der Waals surface area contributed by atoms with Crippen LogP contribution in [0.2, 0.25) is 0 Å². The van der Waals surface area contributed by atoms with Gasteiger partial charge in [0, 0.05) is 17.8 Å². The molecule has 0 amide bonds. The predicted molar refractivity (Wildman–Crippen MR) is 73.3 cm³/mol. The van der Waals surface area contributed by atoms with Crippen LogP contribution < -0.4 is 11.1 Å². The average molecular weight is 226 g/mol. The zero-order chi connectivity index (χ0) is 11.9. The Morgan fingerprint density at radius 2 is 1.82 bits per heavy atom. The molecule has 88 valence electrons. The summed E-state index contributed by atoms with van der Waals surface area (Å²) >= 11 is 0. The van der Waals surface area contributed by atoms with Crippen LogP contribution in [0.1, 0.15) is 18.4 Å². The van der Waals surface area contributed by atoms with Crippen molar-refractivity contribution in [3.05, 3.63) is 42.0 Å². The maximum absolute atomic E-state index is 6.06. The molecule has 2 heteroatoms. The summed E-state index contributed by atoms with van der Waals surface area (Å²) in [7, 11) is 0. The monoisotopic (exact) mass is 226 g/mol. The third-order valence-corrected chi connectivity index (χ3v) is 3.53. The summed E-state index contributed by atoms with van der Waals surface area (Å²) < 4.78 is 0. The Balaban J connectivity index is 1.83. The van der Waals surface area contributed by atoms with E-state index >= 15 is 0 Å². The molecule has 1 aliphatic carbocycles. The van der Waals surface area contributed by atoms with Crippen LogP contribution in [-0.4, -0.2) is 12.1 Å². The van der Waals surface area contributed by atoms with E-state index in [1.54, 1.807) is 0 Å². The van der Waals surface area contributed by atoms with Crippen molar-refractivity contribution in [1.82, 2.24) is 0 Å². The second-order valence-electron chi connectivity index (χ2n) is 5.28. The molecule has 0 radical (unpaired) electrons. The van der Waals surface area contributed by atoms with Gasteiger partial charge in [-0.2, -0.15) is 0 Å². The highest BCUT2D eigenvalue weighted by molar-refractivity contribution is 5.86. The smallest absolute Gasteiger partial charge is 0.0347 e. The molecule has 3 rings (SSSR count). The molecule has 3 N–H and O–H groups in total. The molecule has 0 saturated heterocycles. The normalized spacial score (nSPS) is 17.1. The number of fused-ring (bicyclic) bond motifs is 1. The third kappa shape index (κ3) is 2.27. The van der Waals surface area contributed by atoms with Gasteiger partial charge in [-0.05, 0) is 42.7 Å². The zero-order valence-electron chi connectivity index (χ0n) is 10.2. The number of rotatable bonds is 3. The summed E-state index contributed by atoms with van der Waals surface area (Å²) in [4.78, 5) is 0. The van der Waals surface area contributed by atoms with Gasteiger partial charge < -0.3 is 11.1 Å². The predicted octanol–water partition coefficient (Wildman–Crippen LogP) is 3.05. The number of hydrogen-bond donors (Lipinski definition) is 2. The Kier molecular flexibility index (Phi) is 2.33. The SMILES string of the molecule is Cc1ccc2cc(NCC3(N)CC3)ccc2c1. The van der Waals surface area contributed by atoms with E-state index in [2.05, 4.69) is 48.6 Å². The van der Waals surface area contributed by atoms with Crippen molar-refractivity contribution in [1.29, 1.82) is 0 Å². The van der Waals surface area contributed by atoms with Crippen LogP contribution in [0.25, 0.3) is 10.8 Å². The molecule has 2 nitrogen and oxygen atoms in total. The molecule has 1 aliphatic rings. The second kappa shape index (κ2) is 3.74. The summed E-state index contributed by atoms with van der Waals surface area (Å²) in [6, 6.07) is 13.0. The average Bonchev–Trinajstić information content (AvgIpc) is 3.05. The van der Waals surface area contributed by atoms with Gasteiger partial charge in [-0.3, -0.25) is 0 Å². The number of nitrogens with two attached hydrogens (primary N) is 1. The Morgan fingerprint density at radius 1 is 1.12 bits per heavy atom. The van der Waals surface area contributed by atoms with E-state index in [4.69, 9.17) is 5.73 Å². The highest BCUT2D eigenvalue weighted by Crippen LogP contribution is 2.32. The van der Waals surface area contributed by atoms with Crippen LogP contribution in [0.4, 0.5) is 5.69 Å². The van der Waals surface area contributed by atoms with E-state index in [0.717, 1.165) is 25.1 Å². The summed E-state index contributed by atoms with van der Waals surface area (Å²) in [5.74, 6) is 0. The van der Waals surface area contributed by atoms with Crippen molar-refractivity contribution >= 4 is 16.5 Å². The number of aryl methyl sites for hydroxylation is 1. The first-order valence-corrected chi connectivity index (χ1v) is 6.18.